The number of hydrogen-bond donors (Lipinski definition) is 1. The van der Waals surface area contributed by atoms with E-state index in [0.717, 1.165) is 22.6 Å². The number of methoxy groups -OCH3 is 1. The fourth-order valence-corrected chi connectivity index (χ4v) is 2.69. The van der Waals surface area contributed by atoms with Gasteiger partial charge in [0.05, 0.1) is 12.8 Å². The molecule has 0 radical (unpaired) electrons. The Balaban J connectivity index is 1.84. The van der Waals surface area contributed by atoms with Crippen LogP contribution in [0.2, 0.25) is 0 Å². The molecule has 0 aliphatic rings. The third-order valence-electron chi connectivity index (χ3n) is 4.00. The van der Waals surface area contributed by atoms with Crippen LogP contribution in [0.1, 0.15) is 22.7 Å². The van der Waals surface area contributed by atoms with E-state index in [1.165, 1.54) is 0 Å². The lowest BCUT2D eigenvalue weighted by Gasteiger charge is -2.17. The van der Waals surface area contributed by atoms with Crippen molar-refractivity contribution in [3.63, 3.8) is 0 Å². The number of amides is 1. The van der Waals surface area contributed by atoms with Crippen molar-refractivity contribution >= 4 is 5.91 Å². The SMILES string of the molecule is COc1ccc(C(C(=O)NCc2ccccc2)c2ccccn2)cc1. The average Bonchev–Trinajstić information content (AvgIpc) is 2.69. The summed E-state index contributed by atoms with van der Waals surface area (Å²) in [7, 11) is 1.62. The summed E-state index contributed by atoms with van der Waals surface area (Å²) in [6, 6.07) is 23.0. The van der Waals surface area contributed by atoms with E-state index in [-0.39, 0.29) is 5.91 Å². The Morgan fingerprint density at radius 2 is 1.72 bits per heavy atom. The fraction of sp³-hybridized carbons (Fsp3) is 0.143. The number of carbonyl (C=O) groups excluding carboxylic acids is 1. The molecular formula is C21H20N2O2. The van der Waals surface area contributed by atoms with Crippen LogP contribution in [0.25, 0.3) is 0 Å². The molecule has 126 valence electrons. The molecule has 0 saturated carbocycles. The smallest absolute Gasteiger partial charge is 0.233 e. The van der Waals surface area contributed by atoms with Gasteiger partial charge in [0.25, 0.3) is 0 Å². The van der Waals surface area contributed by atoms with E-state index in [0.29, 0.717) is 6.54 Å². The van der Waals surface area contributed by atoms with Gasteiger partial charge in [-0.2, -0.15) is 0 Å². The largest absolute Gasteiger partial charge is 0.497 e. The first-order valence-corrected chi connectivity index (χ1v) is 8.14. The van der Waals surface area contributed by atoms with Crippen molar-refractivity contribution in [2.75, 3.05) is 7.11 Å². The summed E-state index contributed by atoms with van der Waals surface area (Å²) in [4.78, 5) is 17.3. The Kier molecular flexibility index (Phi) is 5.42. The summed E-state index contributed by atoms with van der Waals surface area (Å²) < 4.78 is 5.20. The molecule has 0 bridgehead atoms. The van der Waals surface area contributed by atoms with Gasteiger partial charge in [-0.1, -0.05) is 48.5 Å². The molecule has 0 fully saturated rings. The van der Waals surface area contributed by atoms with Crippen LogP contribution in [0, 0.1) is 0 Å². The summed E-state index contributed by atoms with van der Waals surface area (Å²) in [5.74, 6) is 0.219. The second-order valence-corrected chi connectivity index (χ2v) is 5.66. The topological polar surface area (TPSA) is 51.2 Å². The van der Waals surface area contributed by atoms with E-state index in [1.807, 2.05) is 72.8 Å². The molecule has 0 aliphatic heterocycles. The van der Waals surface area contributed by atoms with Crippen LogP contribution in [0.15, 0.2) is 79.0 Å². The molecule has 4 heteroatoms. The third-order valence-corrected chi connectivity index (χ3v) is 4.00. The van der Waals surface area contributed by atoms with Crippen LogP contribution in [-0.2, 0) is 11.3 Å². The normalized spacial score (nSPS) is 11.6. The van der Waals surface area contributed by atoms with Crippen molar-refractivity contribution in [1.29, 1.82) is 0 Å². The van der Waals surface area contributed by atoms with E-state index in [2.05, 4.69) is 10.3 Å². The Morgan fingerprint density at radius 1 is 1.00 bits per heavy atom. The number of rotatable bonds is 6. The highest BCUT2D eigenvalue weighted by Crippen LogP contribution is 2.25. The van der Waals surface area contributed by atoms with Gasteiger partial charge >= 0.3 is 0 Å². The van der Waals surface area contributed by atoms with Crippen molar-refractivity contribution in [2.45, 2.75) is 12.5 Å². The lowest BCUT2D eigenvalue weighted by molar-refractivity contribution is -0.121. The van der Waals surface area contributed by atoms with Crippen molar-refractivity contribution in [2.24, 2.45) is 0 Å². The number of benzene rings is 2. The molecule has 1 N–H and O–H groups in total. The molecule has 1 aromatic heterocycles. The second-order valence-electron chi connectivity index (χ2n) is 5.66. The van der Waals surface area contributed by atoms with Crippen molar-refractivity contribution < 1.29 is 9.53 Å². The zero-order valence-electron chi connectivity index (χ0n) is 14.1. The van der Waals surface area contributed by atoms with Crippen LogP contribution >= 0.6 is 0 Å². The molecule has 1 unspecified atom stereocenters. The number of nitrogens with one attached hydrogen (secondary N) is 1. The van der Waals surface area contributed by atoms with Crippen LogP contribution in [0.4, 0.5) is 0 Å². The van der Waals surface area contributed by atoms with Crippen LogP contribution < -0.4 is 10.1 Å². The molecule has 3 aromatic rings. The second kappa shape index (κ2) is 8.11. The van der Waals surface area contributed by atoms with E-state index in [4.69, 9.17) is 4.74 Å². The van der Waals surface area contributed by atoms with Gasteiger partial charge in [0.2, 0.25) is 5.91 Å². The fourth-order valence-electron chi connectivity index (χ4n) is 2.69. The van der Waals surface area contributed by atoms with Crippen molar-refractivity contribution in [3.05, 3.63) is 95.8 Å². The van der Waals surface area contributed by atoms with E-state index >= 15 is 0 Å². The predicted molar refractivity (Wildman–Crippen MR) is 97.4 cm³/mol. The van der Waals surface area contributed by atoms with Crippen LogP contribution in [-0.4, -0.2) is 18.0 Å². The number of pyridine rings is 1. The van der Waals surface area contributed by atoms with E-state index < -0.39 is 5.92 Å². The van der Waals surface area contributed by atoms with Gasteiger partial charge in [0.15, 0.2) is 0 Å². The first kappa shape index (κ1) is 16.7. The molecule has 0 spiro atoms. The molecule has 0 aliphatic carbocycles. The Labute approximate surface area is 147 Å². The zero-order chi connectivity index (χ0) is 17.5. The lowest BCUT2D eigenvalue weighted by atomic mass is 9.94. The minimum atomic E-state index is -0.462. The monoisotopic (exact) mass is 332 g/mol. The minimum absolute atomic E-state index is 0.0762. The van der Waals surface area contributed by atoms with Gasteiger partial charge in [0.1, 0.15) is 11.7 Å². The van der Waals surface area contributed by atoms with Gasteiger partial charge in [-0.3, -0.25) is 9.78 Å². The number of carbonyl (C=O) groups is 1. The number of hydrogen-bond acceptors (Lipinski definition) is 3. The maximum Gasteiger partial charge on any atom is 0.233 e. The quantitative estimate of drug-likeness (QED) is 0.751. The van der Waals surface area contributed by atoms with Gasteiger partial charge in [-0.05, 0) is 35.4 Å². The predicted octanol–water partition coefficient (Wildman–Crippen LogP) is 3.54. The highest BCUT2D eigenvalue weighted by Gasteiger charge is 2.23. The summed E-state index contributed by atoms with van der Waals surface area (Å²) in [5, 5.41) is 3.01. The Morgan fingerprint density at radius 3 is 2.36 bits per heavy atom. The molecule has 1 amide bonds. The van der Waals surface area contributed by atoms with Gasteiger partial charge in [-0.25, -0.2) is 0 Å². The Bertz CT molecular complexity index is 802. The summed E-state index contributed by atoms with van der Waals surface area (Å²) in [6.07, 6.45) is 1.70. The highest BCUT2D eigenvalue weighted by atomic mass is 16.5. The maximum atomic E-state index is 12.9. The zero-order valence-corrected chi connectivity index (χ0v) is 14.1. The first-order valence-electron chi connectivity index (χ1n) is 8.14. The summed E-state index contributed by atoms with van der Waals surface area (Å²) >= 11 is 0. The molecule has 4 nitrogen and oxygen atoms in total. The Hall–Kier alpha value is -3.14. The highest BCUT2D eigenvalue weighted by molar-refractivity contribution is 5.86. The molecule has 1 atom stereocenters. The van der Waals surface area contributed by atoms with Crippen LogP contribution in [0.5, 0.6) is 5.75 Å². The first-order chi connectivity index (χ1) is 12.3. The molecule has 0 saturated heterocycles. The molecule has 25 heavy (non-hydrogen) atoms. The van der Waals surface area contributed by atoms with Crippen molar-refractivity contribution in [1.82, 2.24) is 10.3 Å². The van der Waals surface area contributed by atoms with E-state index in [1.54, 1.807) is 13.3 Å². The van der Waals surface area contributed by atoms with Gasteiger partial charge < -0.3 is 10.1 Å². The third kappa shape index (κ3) is 4.23. The van der Waals surface area contributed by atoms with E-state index in [9.17, 15) is 4.79 Å². The standard InChI is InChI=1S/C21H20N2O2/c1-25-18-12-10-17(11-13-18)20(19-9-5-6-14-22-19)21(24)23-15-16-7-3-2-4-8-16/h2-14,20H,15H2,1H3,(H,23,24). The van der Waals surface area contributed by atoms with Crippen LogP contribution in [0.3, 0.4) is 0 Å². The summed E-state index contributed by atoms with van der Waals surface area (Å²) in [6.45, 7) is 0.485. The molecular weight excluding hydrogens is 312 g/mol. The number of nitrogens with zero attached hydrogens (tertiary/aromatic N) is 1. The molecule has 3 rings (SSSR count). The number of ether oxygens (including phenoxy) is 1. The van der Waals surface area contributed by atoms with Crippen molar-refractivity contribution in [3.8, 4) is 5.75 Å². The summed E-state index contributed by atoms with van der Waals surface area (Å²) in [5.41, 5.74) is 2.66. The average molecular weight is 332 g/mol. The van der Waals surface area contributed by atoms with Gasteiger partial charge in [0, 0.05) is 12.7 Å². The number of aromatic nitrogens is 1. The lowest BCUT2D eigenvalue weighted by Crippen LogP contribution is -2.30. The minimum Gasteiger partial charge on any atom is -0.497 e. The maximum absolute atomic E-state index is 12.9. The van der Waals surface area contributed by atoms with Gasteiger partial charge in [-0.15, -0.1) is 0 Å². The molecule has 2 aromatic carbocycles. The molecule has 1 heterocycles.